The van der Waals surface area contributed by atoms with Crippen LogP contribution in [0.2, 0.25) is 0 Å². The number of fused-ring (bicyclic) bond motifs is 1. The highest BCUT2D eigenvalue weighted by molar-refractivity contribution is 5.92. The summed E-state index contributed by atoms with van der Waals surface area (Å²) in [4.78, 5) is 12.4. The number of anilines is 2. The van der Waals surface area contributed by atoms with Crippen LogP contribution in [0.15, 0.2) is 41.8 Å². The summed E-state index contributed by atoms with van der Waals surface area (Å²) in [5.74, 6) is 1.17. The summed E-state index contributed by atoms with van der Waals surface area (Å²) in [5.41, 5.74) is 9.79. The molecule has 0 aliphatic heterocycles. The highest BCUT2D eigenvalue weighted by Gasteiger charge is 2.10. The van der Waals surface area contributed by atoms with E-state index in [1.165, 1.54) is 24.0 Å². The zero-order chi connectivity index (χ0) is 15.2. The molecule has 1 aromatic heterocycles. The lowest BCUT2D eigenvalue weighted by molar-refractivity contribution is 0.912. The van der Waals surface area contributed by atoms with Gasteiger partial charge in [-0.25, -0.2) is 4.98 Å². The van der Waals surface area contributed by atoms with Crippen molar-refractivity contribution in [3.05, 3.63) is 47.9 Å². The molecule has 22 heavy (non-hydrogen) atoms. The van der Waals surface area contributed by atoms with E-state index in [0.717, 1.165) is 17.9 Å². The van der Waals surface area contributed by atoms with Crippen LogP contribution >= 0.6 is 0 Å². The number of nitrogens with one attached hydrogen (secondary N) is 2. The number of hydrogen-bond donors (Lipinski definition) is 3. The van der Waals surface area contributed by atoms with Gasteiger partial charge in [0.2, 0.25) is 0 Å². The molecule has 3 rings (SSSR count). The third kappa shape index (κ3) is 3.72. The normalized spacial score (nSPS) is 13.7. The molecule has 0 fully saturated rings. The summed E-state index contributed by atoms with van der Waals surface area (Å²) in [6.07, 6.45) is 8.56. The summed E-state index contributed by atoms with van der Waals surface area (Å²) < 4.78 is 0. The van der Waals surface area contributed by atoms with Crippen LogP contribution in [0.4, 0.5) is 11.5 Å². The smallest absolute Gasteiger partial charge is 0.193 e. The molecule has 1 aliphatic rings. The van der Waals surface area contributed by atoms with Gasteiger partial charge in [0.05, 0.1) is 12.7 Å². The molecule has 6 heteroatoms. The summed E-state index contributed by atoms with van der Waals surface area (Å²) >= 11 is 0. The van der Waals surface area contributed by atoms with Crippen molar-refractivity contribution in [3.63, 3.8) is 0 Å². The molecular formula is C16H20N6. The van der Waals surface area contributed by atoms with E-state index in [4.69, 9.17) is 5.73 Å². The van der Waals surface area contributed by atoms with Crippen LogP contribution in [0.3, 0.4) is 0 Å². The first-order valence-corrected chi connectivity index (χ1v) is 7.50. The Kier molecular flexibility index (Phi) is 4.48. The Bertz CT molecular complexity index is 653. The molecule has 0 saturated carbocycles. The topological polar surface area (TPSA) is 88.2 Å². The molecule has 0 radical (unpaired) electrons. The molecule has 1 heterocycles. The standard InChI is InChI=1S/C16H20N6/c17-16(21-9-8-20-15-11-18-6-7-19-15)22-14-5-4-12-2-1-3-13(12)10-14/h4-7,10-11H,1-3,8-9H2,(H,19,20)(H3,17,21,22). The quantitative estimate of drug-likeness (QED) is 0.445. The summed E-state index contributed by atoms with van der Waals surface area (Å²) in [6.45, 7) is 1.23. The van der Waals surface area contributed by atoms with Gasteiger partial charge < -0.3 is 16.4 Å². The van der Waals surface area contributed by atoms with E-state index < -0.39 is 0 Å². The van der Waals surface area contributed by atoms with Gasteiger partial charge in [-0.1, -0.05) is 6.07 Å². The first-order valence-electron chi connectivity index (χ1n) is 7.50. The number of aromatic nitrogens is 2. The highest BCUT2D eigenvalue weighted by atomic mass is 15.1. The maximum absolute atomic E-state index is 5.91. The maximum atomic E-state index is 5.91. The minimum Gasteiger partial charge on any atom is -0.370 e. The number of aryl methyl sites for hydroxylation is 2. The van der Waals surface area contributed by atoms with Gasteiger partial charge in [0, 0.05) is 24.6 Å². The van der Waals surface area contributed by atoms with E-state index >= 15 is 0 Å². The minimum absolute atomic E-state index is 0.430. The first-order chi connectivity index (χ1) is 10.8. The number of guanidine groups is 1. The molecule has 6 nitrogen and oxygen atoms in total. The minimum atomic E-state index is 0.430. The predicted molar refractivity (Wildman–Crippen MR) is 89.1 cm³/mol. The summed E-state index contributed by atoms with van der Waals surface area (Å²) in [5, 5.41) is 6.28. The van der Waals surface area contributed by atoms with E-state index in [1.807, 2.05) is 0 Å². The van der Waals surface area contributed by atoms with E-state index in [2.05, 4.69) is 43.8 Å². The first kappa shape index (κ1) is 14.3. The Morgan fingerprint density at radius 3 is 3.00 bits per heavy atom. The highest BCUT2D eigenvalue weighted by Crippen LogP contribution is 2.24. The largest absolute Gasteiger partial charge is 0.370 e. The molecular weight excluding hydrogens is 276 g/mol. The van der Waals surface area contributed by atoms with Gasteiger partial charge in [-0.15, -0.1) is 0 Å². The zero-order valence-electron chi connectivity index (χ0n) is 12.4. The lowest BCUT2D eigenvalue weighted by Gasteiger charge is -2.08. The molecule has 0 unspecified atom stereocenters. The fraction of sp³-hybridized carbons (Fsp3) is 0.312. The van der Waals surface area contributed by atoms with Crippen LogP contribution in [0.5, 0.6) is 0 Å². The van der Waals surface area contributed by atoms with Crippen molar-refractivity contribution >= 4 is 17.5 Å². The second-order valence-electron chi connectivity index (χ2n) is 5.25. The van der Waals surface area contributed by atoms with Crippen molar-refractivity contribution in [2.75, 3.05) is 23.7 Å². The second-order valence-corrected chi connectivity index (χ2v) is 5.25. The summed E-state index contributed by atoms with van der Waals surface area (Å²) in [6, 6.07) is 6.40. The third-order valence-corrected chi connectivity index (χ3v) is 3.63. The molecule has 114 valence electrons. The van der Waals surface area contributed by atoms with Crippen molar-refractivity contribution < 1.29 is 0 Å². The van der Waals surface area contributed by atoms with Crippen LogP contribution in [0, 0.1) is 0 Å². The van der Waals surface area contributed by atoms with Gasteiger partial charge in [-0.2, -0.15) is 0 Å². The van der Waals surface area contributed by atoms with E-state index in [9.17, 15) is 0 Å². The van der Waals surface area contributed by atoms with Crippen LogP contribution < -0.4 is 16.4 Å². The van der Waals surface area contributed by atoms with Gasteiger partial charge in [0.25, 0.3) is 0 Å². The molecule has 0 amide bonds. The molecule has 0 bridgehead atoms. The number of nitrogens with zero attached hydrogens (tertiary/aromatic N) is 3. The number of hydrogen-bond acceptors (Lipinski definition) is 4. The van der Waals surface area contributed by atoms with Crippen molar-refractivity contribution in [2.24, 2.45) is 10.7 Å². The van der Waals surface area contributed by atoms with Gasteiger partial charge in [-0.3, -0.25) is 9.98 Å². The molecule has 4 N–H and O–H groups in total. The van der Waals surface area contributed by atoms with Crippen molar-refractivity contribution in [1.82, 2.24) is 9.97 Å². The third-order valence-electron chi connectivity index (χ3n) is 3.63. The van der Waals surface area contributed by atoms with Crippen LogP contribution in [-0.2, 0) is 12.8 Å². The lowest BCUT2D eigenvalue weighted by atomic mass is 10.1. The lowest BCUT2D eigenvalue weighted by Crippen LogP contribution is -2.24. The number of benzene rings is 1. The Morgan fingerprint density at radius 1 is 1.23 bits per heavy atom. The van der Waals surface area contributed by atoms with Gasteiger partial charge in [0.15, 0.2) is 5.96 Å². The Labute approximate surface area is 129 Å². The average Bonchev–Trinajstić information content (AvgIpc) is 3.00. The van der Waals surface area contributed by atoms with E-state index in [-0.39, 0.29) is 0 Å². The Hall–Kier alpha value is -2.63. The van der Waals surface area contributed by atoms with Crippen molar-refractivity contribution in [1.29, 1.82) is 0 Å². The van der Waals surface area contributed by atoms with E-state index in [0.29, 0.717) is 19.0 Å². The van der Waals surface area contributed by atoms with Crippen LogP contribution in [0.25, 0.3) is 0 Å². The average molecular weight is 296 g/mol. The molecule has 1 aromatic carbocycles. The molecule has 0 saturated heterocycles. The van der Waals surface area contributed by atoms with Crippen molar-refractivity contribution in [2.45, 2.75) is 19.3 Å². The monoisotopic (exact) mass is 296 g/mol. The van der Waals surface area contributed by atoms with Gasteiger partial charge >= 0.3 is 0 Å². The Morgan fingerprint density at radius 2 is 2.14 bits per heavy atom. The maximum Gasteiger partial charge on any atom is 0.193 e. The van der Waals surface area contributed by atoms with Gasteiger partial charge in [-0.05, 0) is 42.5 Å². The molecule has 0 atom stereocenters. The molecule has 2 aromatic rings. The number of aliphatic imine (C=N–C) groups is 1. The van der Waals surface area contributed by atoms with Crippen LogP contribution in [-0.4, -0.2) is 29.0 Å². The van der Waals surface area contributed by atoms with Crippen LogP contribution in [0.1, 0.15) is 17.5 Å². The Balaban J connectivity index is 1.48. The van der Waals surface area contributed by atoms with E-state index in [1.54, 1.807) is 18.6 Å². The number of nitrogens with two attached hydrogens (primary N) is 1. The second kappa shape index (κ2) is 6.89. The SMILES string of the molecule is NC(=NCCNc1cnccn1)Nc1ccc2c(c1)CCC2. The van der Waals surface area contributed by atoms with Gasteiger partial charge in [0.1, 0.15) is 5.82 Å². The number of rotatable bonds is 5. The summed E-state index contributed by atoms with van der Waals surface area (Å²) in [7, 11) is 0. The molecule has 0 spiro atoms. The fourth-order valence-corrected chi connectivity index (χ4v) is 2.59. The van der Waals surface area contributed by atoms with Crippen molar-refractivity contribution in [3.8, 4) is 0 Å². The predicted octanol–water partition coefficient (Wildman–Crippen LogP) is 1.80. The molecule has 1 aliphatic carbocycles. The fourth-order valence-electron chi connectivity index (χ4n) is 2.59. The zero-order valence-corrected chi connectivity index (χ0v) is 12.4.